The van der Waals surface area contributed by atoms with Crippen molar-refractivity contribution in [2.24, 2.45) is 16.2 Å². The van der Waals surface area contributed by atoms with Gasteiger partial charge in [0.2, 0.25) is 0 Å². The van der Waals surface area contributed by atoms with Crippen LogP contribution in [0.4, 0.5) is 0 Å². The predicted octanol–water partition coefficient (Wildman–Crippen LogP) is 11.5. The Bertz CT molecular complexity index is 895. The number of nitrogens with one attached hydrogen (secondary N) is 1. The fourth-order valence-corrected chi connectivity index (χ4v) is 7.49. The van der Waals surface area contributed by atoms with Crippen LogP contribution < -0.4 is 5.32 Å². The van der Waals surface area contributed by atoms with E-state index in [0.29, 0.717) is 31.8 Å². The highest BCUT2D eigenvalue weighted by Gasteiger charge is 2.39. The zero-order valence-corrected chi connectivity index (χ0v) is 39.7. The second-order valence-electron chi connectivity index (χ2n) is 21.0. The van der Waals surface area contributed by atoms with Gasteiger partial charge in [0, 0.05) is 29.6 Å². The lowest BCUT2D eigenvalue weighted by Gasteiger charge is -2.43. The Labute approximate surface area is 338 Å². The van der Waals surface area contributed by atoms with E-state index in [1.165, 1.54) is 38.5 Å². The summed E-state index contributed by atoms with van der Waals surface area (Å²) in [5.74, 6) is 1.76. The molecule has 0 fully saturated rings. The van der Waals surface area contributed by atoms with Gasteiger partial charge in [0.05, 0.1) is 36.6 Å². The molecule has 0 aromatic carbocycles. The molecule has 0 rings (SSSR count). The van der Waals surface area contributed by atoms with Crippen molar-refractivity contribution in [3.05, 3.63) is 0 Å². The van der Waals surface area contributed by atoms with E-state index < -0.39 is 0 Å². The molecule has 0 saturated heterocycles. The molecule has 0 aliphatic rings. The largest absolute Gasteiger partial charge is 0.384 e. The SMILES string of the molecule is BC(C)(CCOC(C)(C)CC)OCC(CCC(C)(C)CCCCC)(CNC(C)(C)CCCC(C)(C)CCS)COC(C)(C)CCOC(C)(C)CCS. The van der Waals surface area contributed by atoms with Crippen molar-refractivity contribution >= 4 is 33.1 Å². The summed E-state index contributed by atoms with van der Waals surface area (Å²) in [5.41, 5.74) is -0.574. The topological polar surface area (TPSA) is 49.0 Å². The average molecular weight is 774 g/mol. The van der Waals surface area contributed by atoms with Crippen LogP contribution in [-0.4, -0.2) is 80.2 Å². The van der Waals surface area contributed by atoms with E-state index in [4.69, 9.17) is 18.9 Å². The third kappa shape index (κ3) is 25.7. The molecule has 0 saturated carbocycles. The van der Waals surface area contributed by atoms with Crippen LogP contribution in [-0.2, 0) is 18.9 Å². The van der Waals surface area contributed by atoms with E-state index in [1.54, 1.807) is 0 Å². The lowest BCUT2D eigenvalue weighted by molar-refractivity contribution is -0.126. The van der Waals surface area contributed by atoms with Gasteiger partial charge in [0.25, 0.3) is 0 Å². The first-order valence-electron chi connectivity index (χ1n) is 21.2. The van der Waals surface area contributed by atoms with Gasteiger partial charge in [0.15, 0.2) is 0 Å². The van der Waals surface area contributed by atoms with Gasteiger partial charge in [-0.05, 0) is 149 Å². The quantitative estimate of drug-likeness (QED) is 0.0352. The highest BCUT2D eigenvalue weighted by Crippen LogP contribution is 2.38. The maximum atomic E-state index is 7.01. The summed E-state index contributed by atoms with van der Waals surface area (Å²) in [6, 6.07) is 0. The molecule has 0 aliphatic carbocycles. The molecule has 2 atom stereocenters. The molecule has 312 valence electrons. The van der Waals surface area contributed by atoms with E-state index in [1.807, 2.05) is 0 Å². The summed E-state index contributed by atoms with van der Waals surface area (Å²) in [4.78, 5) is 0. The van der Waals surface area contributed by atoms with Crippen LogP contribution in [0.3, 0.4) is 0 Å². The molecule has 0 aromatic rings. The molecule has 0 heterocycles. The van der Waals surface area contributed by atoms with Crippen molar-refractivity contribution in [2.75, 3.05) is 44.5 Å². The minimum atomic E-state index is -0.331. The first kappa shape index (κ1) is 52.6. The predicted molar refractivity (Wildman–Crippen MR) is 239 cm³/mol. The Kier molecular flexibility index (Phi) is 24.0. The second-order valence-corrected chi connectivity index (χ2v) is 21.9. The standard InChI is InChI=1S/C44H92BNO4S2/c1-16-18-19-21-37(3,4)24-25-44(36-50-43(15,45)27-31-47-40(9,10)17-2,34-46-39(7,8)23-20-22-38(5,6)28-32-51)35-49-41(11,12)26-30-48-42(13,14)29-33-52/h46,51-52H,16-36,45H2,1-15H3. The summed E-state index contributed by atoms with van der Waals surface area (Å²) in [5, 5.41) is 4.10. The zero-order chi connectivity index (χ0) is 40.4. The zero-order valence-electron chi connectivity index (χ0n) is 37.9. The Balaban J connectivity index is 6.35. The molecule has 0 aliphatic heterocycles. The van der Waals surface area contributed by atoms with Crippen molar-refractivity contribution in [1.29, 1.82) is 0 Å². The molecule has 1 N–H and O–H groups in total. The smallest absolute Gasteiger partial charge is 0.143 e. The van der Waals surface area contributed by atoms with Crippen molar-refractivity contribution < 1.29 is 18.9 Å². The van der Waals surface area contributed by atoms with Gasteiger partial charge in [-0.25, -0.2) is 0 Å². The highest BCUT2D eigenvalue weighted by atomic mass is 32.1. The molecule has 8 heteroatoms. The van der Waals surface area contributed by atoms with Crippen molar-refractivity contribution in [1.82, 2.24) is 5.32 Å². The molecule has 52 heavy (non-hydrogen) atoms. The summed E-state index contributed by atoms with van der Waals surface area (Å²) in [7, 11) is 2.23. The van der Waals surface area contributed by atoms with Gasteiger partial charge < -0.3 is 24.3 Å². The first-order chi connectivity index (χ1) is 23.7. The van der Waals surface area contributed by atoms with Gasteiger partial charge in [0.1, 0.15) is 7.85 Å². The lowest BCUT2D eigenvalue weighted by atomic mass is 9.74. The Hall–Kier alpha value is 0.565. The minimum absolute atomic E-state index is 0.00400. The molecular formula is C44H92BNO4S2. The number of hydrogen-bond donors (Lipinski definition) is 3. The van der Waals surface area contributed by atoms with Crippen LogP contribution in [0.2, 0.25) is 0 Å². The van der Waals surface area contributed by atoms with E-state index in [0.717, 1.165) is 69.4 Å². The lowest BCUT2D eigenvalue weighted by Crippen LogP contribution is -2.52. The Morgan fingerprint density at radius 2 is 1.02 bits per heavy atom. The van der Waals surface area contributed by atoms with Gasteiger partial charge in [-0.2, -0.15) is 25.3 Å². The van der Waals surface area contributed by atoms with E-state index in [9.17, 15) is 0 Å². The van der Waals surface area contributed by atoms with E-state index in [-0.39, 0.29) is 38.7 Å². The molecule has 2 unspecified atom stereocenters. The van der Waals surface area contributed by atoms with Gasteiger partial charge >= 0.3 is 0 Å². The Morgan fingerprint density at radius 1 is 0.500 bits per heavy atom. The number of hydrogen-bond acceptors (Lipinski definition) is 7. The number of thiol groups is 2. The molecule has 0 bridgehead atoms. The third-order valence-electron chi connectivity index (χ3n) is 11.7. The van der Waals surface area contributed by atoms with E-state index >= 15 is 0 Å². The van der Waals surface area contributed by atoms with Crippen LogP contribution in [0.15, 0.2) is 0 Å². The van der Waals surface area contributed by atoms with Crippen LogP contribution in [0.5, 0.6) is 0 Å². The summed E-state index contributed by atoms with van der Waals surface area (Å²) in [6.45, 7) is 37.8. The monoisotopic (exact) mass is 774 g/mol. The second kappa shape index (κ2) is 23.7. The van der Waals surface area contributed by atoms with Crippen LogP contribution in [0, 0.1) is 16.2 Å². The van der Waals surface area contributed by atoms with Crippen molar-refractivity contribution in [3.63, 3.8) is 0 Å². The minimum Gasteiger partial charge on any atom is -0.384 e. The normalized spacial score (nSPS) is 16.2. The van der Waals surface area contributed by atoms with E-state index in [2.05, 4.69) is 142 Å². The molecular weight excluding hydrogens is 681 g/mol. The number of unbranched alkanes of at least 4 members (excludes halogenated alkanes) is 2. The maximum Gasteiger partial charge on any atom is 0.143 e. The number of ether oxygens (including phenoxy) is 4. The first-order valence-corrected chi connectivity index (χ1v) is 22.5. The molecule has 0 aromatic heterocycles. The fourth-order valence-electron chi connectivity index (χ4n) is 6.34. The third-order valence-corrected chi connectivity index (χ3v) is 12.1. The van der Waals surface area contributed by atoms with Crippen molar-refractivity contribution in [2.45, 2.75) is 222 Å². The molecule has 0 radical (unpaired) electrons. The van der Waals surface area contributed by atoms with Gasteiger partial charge in [-0.15, -0.1) is 0 Å². The van der Waals surface area contributed by atoms with Gasteiger partial charge in [-0.1, -0.05) is 67.2 Å². The van der Waals surface area contributed by atoms with Crippen LogP contribution in [0.25, 0.3) is 0 Å². The average Bonchev–Trinajstić information content (AvgIpc) is 3.00. The summed E-state index contributed by atoms with van der Waals surface area (Å²) >= 11 is 8.97. The molecule has 5 nitrogen and oxygen atoms in total. The maximum absolute atomic E-state index is 7.01. The summed E-state index contributed by atoms with van der Waals surface area (Å²) < 4.78 is 26.6. The van der Waals surface area contributed by atoms with Crippen LogP contribution >= 0.6 is 25.3 Å². The molecule has 0 amide bonds. The van der Waals surface area contributed by atoms with Gasteiger partial charge in [-0.3, -0.25) is 0 Å². The highest BCUT2D eigenvalue weighted by molar-refractivity contribution is 7.80. The number of rotatable bonds is 33. The van der Waals surface area contributed by atoms with Crippen LogP contribution in [0.1, 0.15) is 194 Å². The fraction of sp³-hybridized carbons (Fsp3) is 1.00. The summed E-state index contributed by atoms with van der Waals surface area (Å²) in [6.07, 6.45) is 15.6. The molecule has 0 spiro atoms. The Morgan fingerprint density at radius 3 is 1.60 bits per heavy atom. The van der Waals surface area contributed by atoms with Crippen molar-refractivity contribution in [3.8, 4) is 0 Å².